The summed E-state index contributed by atoms with van der Waals surface area (Å²) in [5.41, 5.74) is 2.83. The van der Waals surface area contributed by atoms with Gasteiger partial charge < -0.3 is 10.4 Å². The molecule has 0 aliphatic heterocycles. The Kier molecular flexibility index (Phi) is 3.67. The van der Waals surface area contributed by atoms with Gasteiger partial charge in [0.05, 0.1) is 0 Å². The summed E-state index contributed by atoms with van der Waals surface area (Å²) in [5.74, 6) is 0. The van der Waals surface area contributed by atoms with Crippen LogP contribution in [-0.2, 0) is 6.54 Å². The van der Waals surface area contributed by atoms with Gasteiger partial charge in [0.1, 0.15) is 0 Å². The lowest BCUT2D eigenvalue weighted by molar-refractivity contribution is 0.207. The highest BCUT2D eigenvalue weighted by atomic mass is 79.9. The minimum atomic E-state index is 0.198. The molecule has 1 aromatic carbocycles. The van der Waals surface area contributed by atoms with Crippen molar-refractivity contribution in [1.82, 2.24) is 5.32 Å². The van der Waals surface area contributed by atoms with Crippen LogP contribution in [0.4, 0.5) is 0 Å². The van der Waals surface area contributed by atoms with Crippen LogP contribution in [0.25, 0.3) is 0 Å². The number of aliphatic hydroxyl groups excluding tert-OH is 1. The summed E-state index contributed by atoms with van der Waals surface area (Å²) in [4.78, 5) is 0. The van der Waals surface area contributed by atoms with Crippen molar-refractivity contribution in [3.05, 3.63) is 33.8 Å². The van der Waals surface area contributed by atoms with E-state index in [9.17, 15) is 5.11 Å². The molecule has 2 N–H and O–H groups in total. The summed E-state index contributed by atoms with van der Waals surface area (Å²) in [7, 11) is 0. The minimum absolute atomic E-state index is 0.198. The fourth-order valence-electron chi connectivity index (χ4n) is 1.89. The highest BCUT2D eigenvalue weighted by Gasteiger charge is 2.41. The van der Waals surface area contributed by atoms with E-state index >= 15 is 0 Å². The molecule has 16 heavy (non-hydrogen) atoms. The zero-order valence-corrected chi connectivity index (χ0v) is 11.2. The second kappa shape index (κ2) is 4.86. The van der Waals surface area contributed by atoms with E-state index in [1.165, 1.54) is 11.1 Å². The van der Waals surface area contributed by atoms with E-state index in [1.807, 2.05) is 0 Å². The van der Waals surface area contributed by atoms with Crippen LogP contribution in [-0.4, -0.2) is 18.3 Å². The van der Waals surface area contributed by atoms with E-state index in [1.54, 1.807) is 0 Å². The number of aliphatic hydroxyl groups is 1. The molecule has 0 aromatic heterocycles. The lowest BCUT2D eigenvalue weighted by Gasteiger charge is -2.13. The van der Waals surface area contributed by atoms with E-state index in [2.05, 4.69) is 46.4 Å². The summed E-state index contributed by atoms with van der Waals surface area (Å²) < 4.78 is 1.13. The average molecular weight is 284 g/mol. The zero-order valence-electron chi connectivity index (χ0n) is 9.59. The van der Waals surface area contributed by atoms with Gasteiger partial charge >= 0.3 is 0 Å². The molecule has 2 rings (SSSR count). The first-order valence-electron chi connectivity index (χ1n) is 5.72. The largest absolute Gasteiger partial charge is 0.396 e. The van der Waals surface area contributed by atoms with Gasteiger partial charge in [-0.1, -0.05) is 22.0 Å². The number of benzene rings is 1. The fraction of sp³-hybridized carbons (Fsp3) is 0.538. The van der Waals surface area contributed by atoms with Crippen LogP contribution in [0.2, 0.25) is 0 Å². The molecular formula is C13H18BrNO. The monoisotopic (exact) mass is 283 g/mol. The van der Waals surface area contributed by atoms with Crippen LogP contribution in [0.15, 0.2) is 22.7 Å². The number of hydrogen-bond donors (Lipinski definition) is 2. The van der Waals surface area contributed by atoms with Gasteiger partial charge in [0.15, 0.2) is 0 Å². The second-order valence-electron chi connectivity index (χ2n) is 4.83. The Hall–Kier alpha value is -0.380. The third-order valence-corrected chi connectivity index (χ3v) is 3.91. The molecule has 0 amide bonds. The molecule has 0 unspecified atom stereocenters. The normalized spacial score (nSPS) is 17.4. The lowest BCUT2D eigenvalue weighted by Crippen LogP contribution is -2.26. The third-order valence-electron chi connectivity index (χ3n) is 3.41. The molecule has 1 aromatic rings. The van der Waals surface area contributed by atoms with E-state index in [0.717, 1.165) is 30.4 Å². The van der Waals surface area contributed by atoms with Crippen LogP contribution < -0.4 is 5.32 Å². The summed E-state index contributed by atoms with van der Waals surface area (Å²) in [6.07, 6.45) is 2.33. The van der Waals surface area contributed by atoms with Crippen molar-refractivity contribution in [3.8, 4) is 0 Å². The standard InChI is InChI=1S/C13H18BrNO/c1-10-6-12(14)3-2-11(10)7-15-8-13(9-16)4-5-13/h2-3,6,15-16H,4-5,7-9H2,1H3. The predicted molar refractivity (Wildman–Crippen MR) is 69.3 cm³/mol. The highest BCUT2D eigenvalue weighted by molar-refractivity contribution is 9.10. The number of nitrogens with one attached hydrogen (secondary N) is 1. The van der Waals surface area contributed by atoms with Crippen LogP contribution in [0.3, 0.4) is 0 Å². The van der Waals surface area contributed by atoms with Crippen LogP contribution >= 0.6 is 15.9 Å². The molecule has 88 valence electrons. The second-order valence-corrected chi connectivity index (χ2v) is 5.75. The van der Waals surface area contributed by atoms with Crippen molar-refractivity contribution in [2.45, 2.75) is 26.3 Å². The summed E-state index contributed by atoms with van der Waals surface area (Å²) in [5, 5.41) is 12.6. The topological polar surface area (TPSA) is 32.3 Å². The van der Waals surface area contributed by atoms with Crippen molar-refractivity contribution in [2.75, 3.05) is 13.2 Å². The predicted octanol–water partition coefficient (Wildman–Crippen LogP) is 2.62. The lowest BCUT2D eigenvalue weighted by atomic mass is 10.1. The van der Waals surface area contributed by atoms with Gasteiger partial charge in [0.25, 0.3) is 0 Å². The Morgan fingerprint density at radius 2 is 2.19 bits per heavy atom. The van der Waals surface area contributed by atoms with Gasteiger partial charge in [0, 0.05) is 29.6 Å². The number of hydrogen-bond acceptors (Lipinski definition) is 2. The molecule has 1 aliphatic rings. The van der Waals surface area contributed by atoms with Gasteiger partial charge in [-0.25, -0.2) is 0 Å². The Bertz CT molecular complexity index is 374. The molecule has 0 spiro atoms. The Morgan fingerprint density at radius 3 is 2.75 bits per heavy atom. The molecule has 0 heterocycles. The average Bonchev–Trinajstić information content (AvgIpc) is 3.02. The SMILES string of the molecule is Cc1cc(Br)ccc1CNCC1(CO)CC1. The van der Waals surface area contributed by atoms with Crippen molar-refractivity contribution in [3.63, 3.8) is 0 Å². The van der Waals surface area contributed by atoms with Crippen molar-refractivity contribution in [2.24, 2.45) is 5.41 Å². The Balaban J connectivity index is 1.85. The van der Waals surface area contributed by atoms with Gasteiger partial charge in [-0.05, 0) is 43.0 Å². The molecule has 0 bridgehead atoms. The molecule has 0 saturated heterocycles. The Morgan fingerprint density at radius 1 is 1.44 bits per heavy atom. The van der Waals surface area contributed by atoms with Crippen molar-refractivity contribution >= 4 is 15.9 Å². The van der Waals surface area contributed by atoms with E-state index < -0.39 is 0 Å². The molecule has 0 radical (unpaired) electrons. The summed E-state index contributed by atoms with van der Waals surface area (Å²) >= 11 is 3.46. The van der Waals surface area contributed by atoms with Gasteiger partial charge in [0.2, 0.25) is 0 Å². The fourth-order valence-corrected chi connectivity index (χ4v) is 2.36. The van der Waals surface area contributed by atoms with Crippen LogP contribution in [0.1, 0.15) is 24.0 Å². The molecule has 3 heteroatoms. The van der Waals surface area contributed by atoms with Gasteiger partial charge in [-0.3, -0.25) is 0 Å². The first kappa shape index (κ1) is 12.1. The van der Waals surface area contributed by atoms with E-state index in [0.29, 0.717) is 6.61 Å². The molecule has 1 fully saturated rings. The number of rotatable bonds is 5. The maximum Gasteiger partial charge on any atom is 0.0499 e. The maximum atomic E-state index is 9.20. The number of aryl methyl sites for hydroxylation is 1. The first-order valence-corrected chi connectivity index (χ1v) is 6.51. The molecule has 1 aliphatic carbocycles. The smallest absolute Gasteiger partial charge is 0.0499 e. The molecule has 0 atom stereocenters. The van der Waals surface area contributed by atoms with E-state index in [-0.39, 0.29) is 5.41 Å². The van der Waals surface area contributed by atoms with Gasteiger partial charge in [-0.15, -0.1) is 0 Å². The van der Waals surface area contributed by atoms with E-state index in [4.69, 9.17) is 0 Å². The minimum Gasteiger partial charge on any atom is -0.396 e. The van der Waals surface area contributed by atoms with Crippen molar-refractivity contribution in [1.29, 1.82) is 0 Å². The van der Waals surface area contributed by atoms with Crippen LogP contribution in [0.5, 0.6) is 0 Å². The first-order chi connectivity index (χ1) is 7.65. The molecule has 2 nitrogen and oxygen atoms in total. The maximum absolute atomic E-state index is 9.20. The van der Waals surface area contributed by atoms with Gasteiger partial charge in [-0.2, -0.15) is 0 Å². The summed E-state index contributed by atoms with van der Waals surface area (Å²) in [6, 6.07) is 6.35. The number of halogens is 1. The zero-order chi connectivity index (χ0) is 11.6. The van der Waals surface area contributed by atoms with Crippen LogP contribution in [0, 0.1) is 12.3 Å². The molecular weight excluding hydrogens is 266 g/mol. The Labute approximate surface area is 105 Å². The molecule has 1 saturated carbocycles. The highest BCUT2D eigenvalue weighted by Crippen LogP contribution is 2.44. The quantitative estimate of drug-likeness (QED) is 0.871. The summed E-state index contributed by atoms with van der Waals surface area (Å²) in [6.45, 7) is 4.26. The third kappa shape index (κ3) is 2.84. The van der Waals surface area contributed by atoms with Crippen molar-refractivity contribution < 1.29 is 5.11 Å².